The molecule has 0 aliphatic heterocycles. The molecule has 0 bridgehead atoms. The van der Waals surface area contributed by atoms with Crippen LogP contribution in [0.5, 0.6) is 0 Å². The number of nitrogens with zero attached hydrogens (tertiary/aromatic N) is 3. The zero-order valence-electron chi connectivity index (χ0n) is 17.4. The Labute approximate surface area is 189 Å². The van der Waals surface area contributed by atoms with E-state index in [-0.39, 0.29) is 11.8 Å². The molecule has 0 saturated heterocycles. The summed E-state index contributed by atoms with van der Waals surface area (Å²) in [6.07, 6.45) is 9.13. The van der Waals surface area contributed by atoms with E-state index in [1.165, 1.54) is 11.3 Å². The Morgan fingerprint density at radius 1 is 1.03 bits per heavy atom. The molecule has 0 fully saturated rings. The molecule has 0 radical (unpaired) electrons. The average molecular weight is 444 g/mol. The fraction of sp³-hybridized carbons (Fsp3) is 0.0833. The van der Waals surface area contributed by atoms with Crippen molar-refractivity contribution in [1.29, 1.82) is 0 Å². The summed E-state index contributed by atoms with van der Waals surface area (Å²) in [5.41, 5.74) is 3.93. The number of nitrogens with one attached hydrogen (secondary N) is 2. The third-order valence-corrected chi connectivity index (χ3v) is 5.53. The highest BCUT2D eigenvalue weighted by Crippen LogP contribution is 2.19. The van der Waals surface area contributed by atoms with Crippen LogP contribution in [-0.4, -0.2) is 33.4 Å². The van der Waals surface area contributed by atoms with Crippen LogP contribution in [0.2, 0.25) is 0 Å². The van der Waals surface area contributed by atoms with Crippen LogP contribution >= 0.6 is 11.3 Å². The summed E-state index contributed by atoms with van der Waals surface area (Å²) in [6, 6.07) is 14.8. The number of benzene rings is 1. The van der Waals surface area contributed by atoms with Crippen molar-refractivity contribution in [3.63, 3.8) is 0 Å². The highest BCUT2D eigenvalue weighted by atomic mass is 32.1. The second-order valence-corrected chi connectivity index (χ2v) is 7.80. The third-order valence-electron chi connectivity index (χ3n) is 4.75. The minimum Gasteiger partial charge on any atom is -0.355 e. The van der Waals surface area contributed by atoms with Crippen LogP contribution in [0, 0.1) is 0 Å². The molecule has 3 aromatic heterocycles. The predicted octanol–water partition coefficient (Wildman–Crippen LogP) is 4.17. The van der Waals surface area contributed by atoms with Gasteiger partial charge >= 0.3 is 0 Å². The van der Waals surface area contributed by atoms with Crippen molar-refractivity contribution in [2.75, 3.05) is 12.4 Å². The van der Waals surface area contributed by atoms with Crippen LogP contribution in [-0.2, 0) is 6.54 Å². The van der Waals surface area contributed by atoms with Crippen molar-refractivity contribution in [3.05, 3.63) is 101 Å². The second-order valence-electron chi connectivity index (χ2n) is 6.94. The van der Waals surface area contributed by atoms with E-state index in [2.05, 4.69) is 20.6 Å². The number of carbonyl (C=O) groups excluding carboxylic acids is 2. The minimum atomic E-state index is -0.210. The van der Waals surface area contributed by atoms with E-state index in [4.69, 9.17) is 0 Å². The summed E-state index contributed by atoms with van der Waals surface area (Å²) in [7, 11) is 1.60. The Bertz CT molecular complexity index is 1240. The van der Waals surface area contributed by atoms with Gasteiger partial charge in [-0.15, -0.1) is 11.3 Å². The van der Waals surface area contributed by atoms with Gasteiger partial charge in [0.1, 0.15) is 5.69 Å². The maximum Gasteiger partial charge on any atom is 0.274 e. The van der Waals surface area contributed by atoms with Crippen LogP contribution < -0.4 is 10.6 Å². The standard InChI is InChI=1S/C24H21N5O2S/c1-25-22(30)19-7-4-17(5-8-19)6-9-20-16-32-24(27-20)28-23(31)21-3-2-14-29(21)15-18-10-12-26-13-11-18/h2-14,16H,15H2,1H3,(H,25,30)(H,27,28,31)/b9-6+. The number of pyridine rings is 1. The first-order chi connectivity index (χ1) is 15.6. The lowest BCUT2D eigenvalue weighted by Gasteiger charge is -2.08. The summed E-state index contributed by atoms with van der Waals surface area (Å²) in [6.45, 7) is 0.586. The van der Waals surface area contributed by atoms with Crippen molar-refractivity contribution >= 4 is 40.4 Å². The Balaban J connectivity index is 1.39. The lowest BCUT2D eigenvalue weighted by Crippen LogP contribution is -2.17. The molecule has 1 aromatic carbocycles. The fourth-order valence-corrected chi connectivity index (χ4v) is 3.77. The quantitative estimate of drug-likeness (QED) is 0.449. The monoisotopic (exact) mass is 443 g/mol. The first-order valence-electron chi connectivity index (χ1n) is 9.93. The number of carbonyl (C=O) groups is 2. The molecular formula is C24H21N5O2S. The van der Waals surface area contributed by atoms with Gasteiger partial charge in [0.15, 0.2) is 5.13 Å². The van der Waals surface area contributed by atoms with Gasteiger partial charge in [0.25, 0.3) is 11.8 Å². The molecule has 4 rings (SSSR count). The normalized spacial score (nSPS) is 10.9. The summed E-state index contributed by atoms with van der Waals surface area (Å²) in [5, 5.41) is 7.88. The summed E-state index contributed by atoms with van der Waals surface area (Å²) in [4.78, 5) is 32.9. The summed E-state index contributed by atoms with van der Waals surface area (Å²) >= 11 is 1.36. The van der Waals surface area contributed by atoms with E-state index in [1.807, 2.05) is 58.6 Å². The number of rotatable bonds is 7. The average Bonchev–Trinajstić information content (AvgIpc) is 3.47. The highest BCUT2D eigenvalue weighted by molar-refractivity contribution is 7.14. The van der Waals surface area contributed by atoms with E-state index in [0.29, 0.717) is 22.9 Å². The predicted molar refractivity (Wildman–Crippen MR) is 127 cm³/mol. The molecular weight excluding hydrogens is 422 g/mol. The molecule has 2 amide bonds. The topological polar surface area (TPSA) is 88.9 Å². The van der Waals surface area contributed by atoms with Crippen molar-refractivity contribution in [3.8, 4) is 0 Å². The third kappa shape index (κ3) is 5.16. The number of hydrogen-bond donors (Lipinski definition) is 2. The van der Waals surface area contributed by atoms with E-state index in [9.17, 15) is 9.59 Å². The molecule has 4 aromatic rings. The van der Waals surface area contributed by atoms with Crippen molar-refractivity contribution < 1.29 is 9.59 Å². The summed E-state index contributed by atoms with van der Waals surface area (Å²) < 4.78 is 1.89. The molecule has 3 heterocycles. The molecule has 0 spiro atoms. The number of amides is 2. The van der Waals surface area contributed by atoms with E-state index in [1.54, 1.807) is 37.6 Å². The Morgan fingerprint density at radius 3 is 2.56 bits per heavy atom. The number of thiazole rings is 1. The maximum absolute atomic E-state index is 12.8. The molecule has 2 N–H and O–H groups in total. The minimum absolute atomic E-state index is 0.118. The zero-order chi connectivity index (χ0) is 22.3. The number of aromatic nitrogens is 3. The lowest BCUT2D eigenvalue weighted by molar-refractivity contribution is 0.0962. The Hall–Kier alpha value is -4.04. The maximum atomic E-state index is 12.8. The van der Waals surface area contributed by atoms with E-state index >= 15 is 0 Å². The van der Waals surface area contributed by atoms with Gasteiger partial charge in [-0.05, 0) is 53.6 Å². The SMILES string of the molecule is CNC(=O)c1ccc(/C=C/c2csc(NC(=O)c3cccn3Cc3ccncc3)n2)cc1. The Kier molecular flexibility index (Phi) is 6.52. The number of hydrogen-bond acceptors (Lipinski definition) is 5. The molecule has 0 aliphatic rings. The van der Waals surface area contributed by atoms with Crippen molar-refractivity contribution in [1.82, 2.24) is 19.9 Å². The van der Waals surface area contributed by atoms with Gasteiger partial charge in [-0.1, -0.05) is 18.2 Å². The molecule has 160 valence electrons. The largest absolute Gasteiger partial charge is 0.355 e. The van der Waals surface area contributed by atoms with Crippen LogP contribution in [0.3, 0.4) is 0 Å². The van der Waals surface area contributed by atoms with E-state index < -0.39 is 0 Å². The van der Waals surface area contributed by atoms with Gasteiger partial charge in [-0.2, -0.15) is 0 Å². The molecule has 0 saturated carbocycles. The molecule has 0 aliphatic carbocycles. The first kappa shape index (κ1) is 21.2. The molecule has 32 heavy (non-hydrogen) atoms. The van der Waals surface area contributed by atoms with Gasteiger partial charge < -0.3 is 9.88 Å². The van der Waals surface area contributed by atoms with Crippen molar-refractivity contribution in [2.45, 2.75) is 6.54 Å². The summed E-state index contributed by atoms with van der Waals surface area (Å²) in [5.74, 6) is -0.328. The lowest BCUT2D eigenvalue weighted by atomic mass is 10.1. The van der Waals surface area contributed by atoms with Crippen LogP contribution in [0.4, 0.5) is 5.13 Å². The highest BCUT2D eigenvalue weighted by Gasteiger charge is 2.13. The van der Waals surface area contributed by atoms with Crippen LogP contribution in [0.25, 0.3) is 12.2 Å². The van der Waals surface area contributed by atoms with Gasteiger partial charge in [0.2, 0.25) is 0 Å². The van der Waals surface area contributed by atoms with Gasteiger partial charge in [-0.3, -0.25) is 19.9 Å². The molecule has 8 heteroatoms. The zero-order valence-corrected chi connectivity index (χ0v) is 18.2. The van der Waals surface area contributed by atoms with Crippen LogP contribution in [0.1, 0.15) is 37.7 Å². The van der Waals surface area contributed by atoms with Gasteiger partial charge in [0, 0.05) is 43.1 Å². The van der Waals surface area contributed by atoms with Crippen molar-refractivity contribution in [2.24, 2.45) is 0 Å². The smallest absolute Gasteiger partial charge is 0.274 e. The number of anilines is 1. The van der Waals surface area contributed by atoms with Crippen LogP contribution in [0.15, 0.2) is 72.5 Å². The van der Waals surface area contributed by atoms with Gasteiger partial charge in [0.05, 0.1) is 5.69 Å². The molecule has 7 nitrogen and oxygen atoms in total. The van der Waals surface area contributed by atoms with E-state index in [0.717, 1.165) is 16.8 Å². The van der Waals surface area contributed by atoms with Gasteiger partial charge in [-0.25, -0.2) is 4.98 Å². The molecule has 0 atom stereocenters. The second kappa shape index (κ2) is 9.84. The fourth-order valence-electron chi connectivity index (χ4n) is 3.10. The first-order valence-corrected chi connectivity index (χ1v) is 10.8. The molecule has 0 unspecified atom stereocenters. The Morgan fingerprint density at radius 2 is 1.81 bits per heavy atom.